The molecule has 2 aromatic rings. The number of benzene rings is 2. The van der Waals surface area contributed by atoms with Gasteiger partial charge in [-0.1, -0.05) is 81.4 Å². The Kier molecular flexibility index (Phi) is 8.82. The van der Waals surface area contributed by atoms with Crippen LogP contribution in [0.3, 0.4) is 0 Å². The molecular formula is C32H40F2. The molecule has 182 valence electrons. The summed E-state index contributed by atoms with van der Waals surface area (Å²) in [5.41, 5.74) is 2.62. The number of unbranched alkanes of at least 4 members (excludes halogenated alkanes) is 4. The highest BCUT2D eigenvalue weighted by molar-refractivity contribution is 5.46. The van der Waals surface area contributed by atoms with Crippen molar-refractivity contribution in [2.45, 2.75) is 96.8 Å². The van der Waals surface area contributed by atoms with Gasteiger partial charge < -0.3 is 0 Å². The van der Waals surface area contributed by atoms with Crippen LogP contribution >= 0.6 is 0 Å². The summed E-state index contributed by atoms with van der Waals surface area (Å²) < 4.78 is 29.7. The van der Waals surface area contributed by atoms with E-state index < -0.39 is 11.6 Å². The Morgan fingerprint density at radius 1 is 0.794 bits per heavy atom. The lowest BCUT2D eigenvalue weighted by molar-refractivity contribution is 0.113. The van der Waals surface area contributed by atoms with Crippen LogP contribution in [0.1, 0.15) is 112 Å². The molecule has 2 heteroatoms. The maximum absolute atomic E-state index is 14.9. The second kappa shape index (κ2) is 12.0. The summed E-state index contributed by atoms with van der Waals surface area (Å²) in [7, 11) is 0. The van der Waals surface area contributed by atoms with Gasteiger partial charge in [-0.25, -0.2) is 8.78 Å². The average molecular weight is 463 g/mol. The highest BCUT2D eigenvalue weighted by atomic mass is 19.1. The van der Waals surface area contributed by atoms with E-state index in [9.17, 15) is 8.78 Å². The molecule has 0 saturated heterocycles. The van der Waals surface area contributed by atoms with Crippen LogP contribution in [-0.4, -0.2) is 0 Å². The van der Waals surface area contributed by atoms with Gasteiger partial charge >= 0.3 is 0 Å². The molecule has 0 spiro atoms. The van der Waals surface area contributed by atoms with Crippen molar-refractivity contribution in [1.82, 2.24) is 0 Å². The van der Waals surface area contributed by atoms with Crippen LogP contribution in [0.5, 0.6) is 0 Å². The molecule has 0 amide bonds. The van der Waals surface area contributed by atoms with Crippen molar-refractivity contribution in [3.05, 3.63) is 70.3 Å². The Balaban J connectivity index is 1.34. The summed E-state index contributed by atoms with van der Waals surface area (Å²) in [4.78, 5) is 0. The van der Waals surface area contributed by atoms with Crippen LogP contribution < -0.4 is 0 Å². The second-order valence-electron chi connectivity index (χ2n) is 10.9. The smallest absolute Gasteiger partial charge is 0.142 e. The Bertz CT molecular complexity index is 971. The molecule has 2 fully saturated rings. The SMILES string of the molecule is CCCCCCCC1CCC2CC(c3cc(F)c(C#Cc4ccc(C)cc4)c(F)c3)CCC2C1. The minimum absolute atomic E-state index is 0.113. The Hall–Kier alpha value is -2.14. The van der Waals surface area contributed by atoms with Crippen LogP contribution in [0.15, 0.2) is 36.4 Å². The molecule has 0 nitrogen and oxygen atoms in total. The van der Waals surface area contributed by atoms with Crippen LogP contribution in [0.2, 0.25) is 0 Å². The molecule has 2 aliphatic rings. The molecule has 4 atom stereocenters. The molecule has 4 unspecified atom stereocenters. The lowest BCUT2D eigenvalue weighted by Gasteiger charge is -2.42. The van der Waals surface area contributed by atoms with Crippen molar-refractivity contribution in [2.24, 2.45) is 17.8 Å². The lowest BCUT2D eigenvalue weighted by atomic mass is 9.63. The van der Waals surface area contributed by atoms with Crippen molar-refractivity contribution < 1.29 is 8.78 Å². The first-order valence-electron chi connectivity index (χ1n) is 13.6. The largest absolute Gasteiger partial charge is 0.206 e. The van der Waals surface area contributed by atoms with Crippen LogP contribution in [-0.2, 0) is 0 Å². The van der Waals surface area contributed by atoms with Gasteiger partial charge in [0.2, 0.25) is 0 Å². The van der Waals surface area contributed by atoms with E-state index in [1.54, 1.807) is 12.1 Å². The normalized spacial score (nSPS) is 24.2. The zero-order valence-corrected chi connectivity index (χ0v) is 21.0. The molecule has 0 N–H and O–H groups in total. The minimum atomic E-state index is -0.525. The summed E-state index contributed by atoms with van der Waals surface area (Å²) in [6.45, 7) is 4.28. The fraction of sp³-hybridized carbons (Fsp3) is 0.562. The summed E-state index contributed by atoms with van der Waals surface area (Å²) in [5.74, 6) is 7.30. The lowest BCUT2D eigenvalue weighted by Crippen LogP contribution is -2.30. The molecule has 2 saturated carbocycles. The van der Waals surface area contributed by atoms with Gasteiger partial charge in [-0.2, -0.15) is 0 Å². The van der Waals surface area contributed by atoms with E-state index in [4.69, 9.17) is 0 Å². The van der Waals surface area contributed by atoms with Crippen molar-refractivity contribution in [3.63, 3.8) is 0 Å². The van der Waals surface area contributed by atoms with Crippen LogP contribution in [0.25, 0.3) is 0 Å². The molecule has 0 radical (unpaired) electrons. The average Bonchev–Trinajstić information content (AvgIpc) is 2.84. The number of fused-ring (bicyclic) bond motifs is 1. The summed E-state index contributed by atoms with van der Waals surface area (Å²) >= 11 is 0. The topological polar surface area (TPSA) is 0 Å². The van der Waals surface area contributed by atoms with E-state index in [0.29, 0.717) is 0 Å². The Labute approximate surface area is 205 Å². The molecule has 34 heavy (non-hydrogen) atoms. The molecule has 0 heterocycles. The first-order chi connectivity index (χ1) is 16.5. The molecule has 0 aliphatic heterocycles. The minimum Gasteiger partial charge on any atom is -0.206 e. The van der Waals surface area contributed by atoms with Gasteiger partial charge in [0.1, 0.15) is 11.6 Å². The van der Waals surface area contributed by atoms with Crippen molar-refractivity contribution in [1.29, 1.82) is 0 Å². The maximum atomic E-state index is 14.9. The quantitative estimate of drug-likeness (QED) is 0.284. The highest BCUT2D eigenvalue weighted by Gasteiger charge is 2.36. The van der Waals surface area contributed by atoms with Gasteiger partial charge in [-0.05, 0) is 92.5 Å². The van der Waals surface area contributed by atoms with Gasteiger partial charge in [0, 0.05) is 5.56 Å². The van der Waals surface area contributed by atoms with Gasteiger partial charge in [-0.3, -0.25) is 0 Å². The number of halogens is 2. The van der Waals surface area contributed by atoms with E-state index in [1.807, 2.05) is 31.2 Å². The van der Waals surface area contributed by atoms with E-state index in [0.717, 1.165) is 47.3 Å². The summed E-state index contributed by atoms with van der Waals surface area (Å²) in [5, 5.41) is 0. The number of hydrogen-bond acceptors (Lipinski definition) is 0. The predicted octanol–water partition coefficient (Wildman–Crippen LogP) is 9.33. The van der Waals surface area contributed by atoms with Crippen LogP contribution in [0, 0.1) is 48.2 Å². The van der Waals surface area contributed by atoms with Crippen LogP contribution in [0.4, 0.5) is 8.78 Å². The molecule has 2 aromatic carbocycles. The van der Waals surface area contributed by atoms with Gasteiger partial charge in [0.25, 0.3) is 0 Å². The van der Waals surface area contributed by atoms with Crippen molar-refractivity contribution in [2.75, 3.05) is 0 Å². The van der Waals surface area contributed by atoms with E-state index in [1.165, 1.54) is 64.2 Å². The molecular weight excluding hydrogens is 422 g/mol. The second-order valence-corrected chi connectivity index (χ2v) is 10.9. The summed E-state index contributed by atoms with van der Waals surface area (Å²) in [6, 6.07) is 10.8. The number of aryl methyl sites for hydroxylation is 1. The number of rotatable bonds is 7. The zero-order valence-electron chi connectivity index (χ0n) is 21.0. The third-order valence-corrected chi connectivity index (χ3v) is 8.36. The molecule has 0 bridgehead atoms. The first-order valence-corrected chi connectivity index (χ1v) is 13.6. The van der Waals surface area contributed by atoms with E-state index >= 15 is 0 Å². The van der Waals surface area contributed by atoms with Crippen molar-refractivity contribution in [3.8, 4) is 11.8 Å². The Morgan fingerprint density at radius 2 is 1.47 bits per heavy atom. The Morgan fingerprint density at radius 3 is 2.21 bits per heavy atom. The monoisotopic (exact) mass is 462 g/mol. The molecule has 0 aromatic heterocycles. The predicted molar refractivity (Wildman–Crippen MR) is 138 cm³/mol. The fourth-order valence-electron chi connectivity index (χ4n) is 6.31. The van der Waals surface area contributed by atoms with Gasteiger partial charge in [-0.15, -0.1) is 0 Å². The van der Waals surface area contributed by atoms with E-state index in [-0.39, 0.29) is 11.5 Å². The zero-order chi connectivity index (χ0) is 23.9. The third-order valence-electron chi connectivity index (χ3n) is 8.36. The van der Waals surface area contributed by atoms with Gasteiger partial charge in [0.15, 0.2) is 0 Å². The maximum Gasteiger partial charge on any atom is 0.142 e. The first kappa shape index (κ1) is 25.0. The molecule has 4 rings (SSSR count). The summed E-state index contributed by atoms with van der Waals surface area (Å²) in [6.07, 6.45) is 15.6. The van der Waals surface area contributed by atoms with Gasteiger partial charge in [0.05, 0.1) is 5.56 Å². The highest BCUT2D eigenvalue weighted by Crippen LogP contribution is 2.48. The van der Waals surface area contributed by atoms with Crippen molar-refractivity contribution >= 4 is 0 Å². The molecule has 2 aliphatic carbocycles. The standard InChI is InChI=1S/C32H40F2/c1-3-4-5-6-7-8-25-13-15-27-20-28(17-16-26(27)19-25)29-21-31(33)30(32(34)22-29)18-14-24-11-9-23(2)10-12-24/h9-12,21-22,25-28H,3-8,13,15-17,19-20H2,1-2H3. The van der Waals surface area contributed by atoms with E-state index in [2.05, 4.69) is 18.8 Å². The third kappa shape index (κ3) is 6.50. The number of hydrogen-bond donors (Lipinski definition) is 0. The fourth-order valence-corrected chi connectivity index (χ4v) is 6.31.